The normalized spacial score (nSPS) is 31.3. The number of aliphatic hydroxyl groups is 1. The molecule has 0 radical (unpaired) electrons. The van der Waals surface area contributed by atoms with Crippen LogP contribution in [-0.2, 0) is 10.4 Å². The van der Waals surface area contributed by atoms with E-state index in [4.69, 9.17) is 0 Å². The number of rotatable bonds is 3. The lowest BCUT2D eigenvalue weighted by atomic mass is 9.58. The van der Waals surface area contributed by atoms with E-state index in [1.54, 1.807) is 12.1 Å². The molecule has 2 aliphatic carbocycles. The van der Waals surface area contributed by atoms with Gasteiger partial charge in [-0.05, 0) is 37.7 Å². The Labute approximate surface area is 154 Å². The first kappa shape index (κ1) is 17.2. The standard InChI is InChI=1S/C23H24O3/c24-20-12-7-13-22(20)14-15-23(26,18-10-5-2-6-11-18)19(16-22)21(25)17-8-3-1-4-9-17/h1-6,8-11,19,26H,7,12-16H2/t19-,22+,23+/m0/s1. The van der Waals surface area contributed by atoms with Gasteiger partial charge in [0.05, 0.1) is 11.5 Å². The van der Waals surface area contributed by atoms with Crippen LogP contribution in [0.3, 0.4) is 0 Å². The van der Waals surface area contributed by atoms with E-state index in [2.05, 4.69) is 0 Å². The molecule has 0 saturated heterocycles. The molecule has 0 aromatic heterocycles. The first-order valence-electron chi connectivity index (χ1n) is 9.46. The molecule has 2 saturated carbocycles. The van der Waals surface area contributed by atoms with Crippen LogP contribution < -0.4 is 0 Å². The Morgan fingerprint density at radius 3 is 2.19 bits per heavy atom. The summed E-state index contributed by atoms with van der Waals surface area (Å²) in [7, 11) is 0. The summed E-state index contributed by atoms with van der Waals surface area (Å²) in [4.78, 5) is 26.0. The van der Waals surface area contributed by atoms with Gasteiger partial charge in [0.15, 0.2) is 5.78 Å². The van der Waals surface area contributed by atoms with Crippen molar-refractivity contribution in [2.24, 2.45) is 11.3 Å². The van der Waals surface area contributed by atoms with Gasteiger partial charge in [-0.25, -0.2) is 0 Å². The van der Waals surface area contributed by atoms with Crippen LogP contribution in [0, 0.1) is 11.3 Å². The summed E-state index contributed by atoms with van der Waals surface area (Å²) in [5, 5.41) is 11.6. The molecule has 1 spiro atoms. The highest BCUT2D eigenvalue weighted by atomic mass is 16.3. The molecular formula is C23H24O3. The van der Waals surface area contributed by atoms with Crippen LogP contribution in [0.1, 0.15) is 54.4 Å². The van der Waals surface area contributed by atoms with E-state index >= 15 is 0 Å². The van der Waals surface area contributed by atoms with E-state index in [1.165, 1.54) is 0 Å². The third-order valence-corrected chi connectivity index (χ3v) is 6.46. The van der Waals surface area contributed by atoms with E-state index in [1.807, 2.05) is 48.5 Å². The number of carbonyl (C=O) groups is 2. The van der Waals surface area contributed by atoms with Crippen molar-refractivity contribution in [3.8, 4) is 0 Å². The van der Waals surface area contributed by atoms with Crippen molar-refractivity contribution >= 4 is 11.6 Å². The summed E-state index contributed by atoms with van der Waals surface area (Å²) in [6.07, 6.45) is 3.91. The predicted molar refractivity (Wildman–Crippen MR) is 99.7 cm³/mol. The van der Waals surface area contributed by atoms with E-state index < -0.39 is 16.9 Å². The van der Waals surface area contributed by atoms with Crippen molar-refractivity contribution in [2.75, 3.05) is 0 Å². The highest BCUT2D eigenvalue weighted by Gasteiger charge is 2.55. The minimum Gasteiger partial charge on any atom is -0.384 e. The van der Waals surface area contributed by atoms with Gasteiger partial charge in [0, 0.05) is 17.4 Å². The summed E-state index contributed by atoms with van der Waals surface area (Å²) >= 11 is 0. The second-order valence-electron chi connectivity index (χ2n) is 7.83. The molecule has 0 amide bonds. The second kappa shape index (κ2) is 6.48. The molecular weight excluding hydrogens is 324 g/mol. The van der Waals surface area contributed by atoms with Crippen molar-refractivity contribution in [2.45, 2.75) is 44.1 Å². The maximum atomic E-state index is 13.4. The number of carbonyl (C=O) groups excluding carboxylic acids is 2. The maximum Gasteiger partial charge on any atom is 0.169 e. The fourth-order valence-electron chi connectivity index (χ4n) is 4.92. The predicted octanol–water partition coefficient (Wildman–Crippen LogP) is 4.30. The van der Waals surface area contributed by atoms with E-state index in [-0.39, 0.29) is 11.6 Å². The third-order valence-electron chi connectivity index (χ3n) is 6.46. The van der Waals surface area contributed by atoms with Crippen molar-refractivity contribution in [1.29, 1.82) is 0 Å². The monoisotopic (exact) mass is 348 g/mol. The average molecular weight is 348 g/mol. The Bertz CT molecular complexity index is 814. The summed E-state index contributed by atoms with van der Waals surface area (Å²) in [5.74, 6) is -0.377. The largest absolute Gasteiger partial charge is 0.384 e. The van der Waals surface area contributed by atoms with Crippen molar-refractivity contribution in [3.05, 3.63) is 71.8 Å². The lowest BCUT2D eigenvalue weighted by Gasteiger charge is -2.46. The van der Waals surface area contributed by atoms with Gasteiger partial charge in [0.25, 0.3) is 0 Å². The molecule has 2 aliphatic rings. The van der Waals surface area contributed by atoms with Gasteiger partial charge in [-0.2, -0.15) is 0 Å². The molecule has 2 fully saturated rings. The molecule has 2 aromatic rings. The van der Waals surface area contributed by atoms with Gasteiger partial charge < -0.3 is 5.11 Å². The Morgan fingerprint density at radius 1 is 0.923 bits per heavy atom. The van der Waals surface area contributed by atoms with Crippen LogP contribution in [0.25, 0.3) is 0 Å². The van der Waals surface area contributed by atoms with Gasteiger partial charge in [0.1, 0.15) is 5.78 Å². The molecule has 3 atom stereocenters. The third kappa shape index (κ3) is 2.71. The lowest BCUT2D eigenvalue weighted by Crippen LogP contribution is -2.49. The van der Waals surface area contributed by atoms with Gasteiger partial charge in [-0.3, -0.25) is 9.59 Å². The van der Waals surface area contributed by atoms with Crippen molar-refractivity contribution < 1.29 is 14.7 Å². The molecule has 3 nitrogen and oxygen atoms in total. The molecule has 0 bridgehead atoms. The quantitative estimate of drug-likeness (QED) is 0.842. The summed E-state index contributed by atoms with van der Waals surface area (Å²) in [5.41, 5.74) is -0.262. The number of benzene rings is 2. The maximum absolute atomic E-state index is 13.4. The van der Waals surface area contributed by atoms with Crippen molar-refractivity contribution in [3.63, 3.8) is 0 Å². The highest BCUT2D eigenvalue weighted by Crippen LogP contribution is 2.55. The number of Topliss-reactive ketones (excluding diaryl/α,β-unsaturated/α-hetero) is 2. The number of hydrogen-bond acceptors (Lipinski definition) is 3. The van der Waals surface area contributed by atoms with Crippen LogP contribution in [-0.4, -0.2) is 16.7 Å². The lowest BCUT2D eigenvalue weighted by molar-refractivity contribution is -0.134. The minimum atomic E-state index is -1.22. The summed E-state index contributed by atoms with van der Waals surface area (Å²) in [6.45, 7) is 0. The molecule has 26 heavy (non-hydrogen) atoms. The van der Waals surface area contributed by atoms with Crippen LogP contribution in [0.5, 0.6) is 0 Å². The van der Waals surface area contributed by atoms with E-state index in [0.717, 1.165) is 18.4 Å². The van der Waals surface area contributed by atoms with Crippen molar-refractivity contribution in [1.82, 2.24) is 0 Å². The first-order chi connectivity index (χ1) is 12.6. The zero-order chi connectivity index (χ0) is 18.2. The van der Waals surface area contributed by atoms with Gasteiger partial charge in [0.2, 0.25) is 0 Å². The Morgan fingerprint density at radius 2 is 1.58 bits per heavy atom. The molecule has 0 unspecified atom stereocenters. The Balaban J connectivity index is 1.76. The van der Waals surface area contributed by atoms with Gasteiger partial charge in [-0.1, -0.05) is 60.7 Å². The van der Waals surface area contributed by atoms with Gasteiger partial charge >= 0.3 is 0 Å². The zero-order valence-corrected chi connectivity index (χ0v) is 14.9. The second-order valence-corrected chi connectivity index (χ2v) is 7.83. The zero-order valence-electron chi connectivity index (χ0n) is 14.9. The van der Waals surface area contributed by atoms with E-state index in [9.17, 15) is 14.7 Å². The fraction of sp³-hybridized carbons (Fsp3) is 0.391. The Hall–Kier alpha value is -2.26. The molecule has 134 valence electrons. The molecule has 0 heterocycles. The minimum absolute atomic E-state index is 0.0595. The molecule has 3 heteroatoms. The van der Waals surface area contributed by atoms with E-state index in [0.29, 0.717) is 31.2 Å². The van der Waals surface area contributed by atoms with Crippen LogP contribution in [0.4, 0.5) is 0 Å². The number of hydrogen-bond donors (Lipinski definition) is 1. The smallest absolute Gasteiger partial charge is 0.169 e. The Kier molecular flexibility index (Phi) is 4.28. The molecule has 2 aromatic carbocycles. The van der Waals surface area contributed by atoms with Crippen LogP contribution in [0.2, 0.25) is 0 Å². The number of ketones is 2. The average Bonchev–Trinajstić information content (AvgIpc) is 3.05. The molecule has 4 rings (SSSR count). The fourth-order valence-corrected chi connectivity index (χ4v) is 4.92. The van der Waals surface area contributed by atoms with Crippen LogP contribution >= 0.6 is 0 Å². The SMILES string of the molecule is O=C(c1ccccc1)[C@@H]1C[C@@]2(CCCC2=O)CC[C@@]1(O)c1ccccc1. The van der Waals surface area contributed by atoms with Crippen LogP contribution in [0.15, 0.2) is 60.7 Å². The summed E-state index contributed by atoms with van der Waals surface area (Å²) < 4.78 is 0. The molecule has 1 N–H and O–H groups in total. The topological polar surface area (TPSA) is 54.4 Å². The first-order valence-corrected chi connectivity index (χ1v) is 9.46. The summed E-state index contributed by atoms with van der Waals surface area (Å²) in [6, 6.07) is 18.6. The molecule has 0 aliphatic heterocycles. The highest BCUT2D eigenvalue weighted by molar-refractivity contribution is 5.99. The van der Waals surface area contributed by atoms with Gasteiger partial charge in [-0.15, -0.1) is 0 Å².